The van der Waals surface area contributed by atoms with Crippen LogP contribution < -0.4 is 11.1 Å². The molecule has 0 aliphatic carbocycles. The first-order chi connectivity index (χ1) is 8.79. The summed E-state index contributed by atoms with van der Waals surface area (Å²) >= 11 is 0. The Kier molecular flexibility index (Phi) is 4.20. The Morgan fingerprint density at radius 3 is 2.67 bits per heavy atom. The van der Waals surface area contributed by atoms with Gasteiger partial charge in [0.05, 0.1) is 5.69 Å². The zero-order chi connectivity index (χ0) is 12.8. The van der Waals surface area contributed by atoms with Crippen molar-refractivity contribution >= 4 is 5.95 Å². The lowest BCUT2D eigenvalue weighted by Gasteiger charge is -2.05. The summed E-state index contributed by atoms with van der Waals surface area (Å²) in [4.78, 5) is 8.48. The molecule has 0 saturated carbocycles. The minimum Gasteiger partial charge on any atom is -0.354 e. The van der Waals surface area contributed by atoms with E-state index in [2.05, 4.69) is 15.3 Å². The molecule has 0 amide bonds. The average molecular weight is 246 g/mol. The highest BCUT2D eigenvalue weighted by atomic mass is 19.1. The number of hydrogen-bond acceptors (Lipinski definition) is 4. The van der Waals surface area contributed by atoms with Gasteiger partial charge in [-0.15, -0.1) is 0 Å². The van der Waals surface area contributed by atoms with E-state index in [9.17, 15) is 4.39 Å². The molecule has 0 fully saturated rings. The van der Waals surface area contributed by atoms with E-state index in [-0.39, 0.29) is 5.82 Å². The lowest BCUT2D eigenvalue weighted by molar-refractivity contribution is 0.628. The summed E-state index contributed by atoms with van der Waals surface area (Å²) < 4.78 is 12.8. The second kappa shape index (κ2) is 6.07. The summed E-state index contributed by atoms with van der Waals surface area (Å²) in [6, 6.07) is 8.02. The molecular weight excluding hydrogens is 231 g/mol. The standard InChI is InChI=1S/C13H15FN4/c14-11-4-2-10(3-5-11)12-6-9-17-13(18-12)16-8-1-7-15/h2-6,9H,1,7-8,15H2,(H,16,17,18). The van der Waals surface area contributed by atoms with Crippen LogP contribution in [0.4, 0.5) is 10.3 Å². The van der Waals surface area contributed by atoms with Crippen LogP contribution in [0.5, 0.6) is 0 Å². The maximum absolute atomic E-state index is 12.8. The zero-order valence-electron chi connectivity index (χ0n) is 9.94. The number of nitrogens with zero attached hydrogens (tertiary/aromatic N) is 2. The van der Waals surface area contributed by atoms with Crippen LogP contribution in [0, 0.1) is 5.82 Å². The van der Waals surface area contributed by atoms with Gasteiger partial charge in [0.25, 0.3) is 0 Å². The van der Waals surface area contributed by atoms with Crippen molar-refractivity contribution < 1.29 is 4.39 Å². The lowest BCUT2D eigenvalue weighted by atomic mass is 10.1. The fourth-order valence-electron chi connectivity index (χ4n) is 1.53. The van der Waals surface area contributed by atoms with Gasteiger partial charge in [-0.1, -0.05) is 0 Å². The molecule has 5 heteroatoms. The molecular formula is C13H15FN4. The van der Waals surface area contributed by atoms with Gasteiger partial charge in [-0.2, -0.15) is 0 Å². The molecule has 1 aromatic heterocycles. The Labute approximate surface area is 105 Å². The molecule has 0 aliphatic rings. The van der Waals surface area contributed by atoms with Gasteiger partial charge in [-0.3, -0.25) is 0 Å². The summed E-state index contributed by atoms with van der Waals surface area (Å²) in [5.41, 5.74) is 7.04. The van der Waals surface area contributed by atoms with E-state index in [4.69, 9.17) is 5.73 Å². The van der Waals surface area contributed by atoms with Crippen molar-refractivity contribution in [3.8, 4) is 11.3 Å². The van der Waals surface area contributed by atoms with Crippen LogP contribution in [-0.2, 0) is 0 Å². The quantitative estimate of drug-likeness (QED) is 0.792. The fraction of sp³-hybridized carbons (Fsp3) is 0.231. The van der Waals surface area contributed by atoms with Gasteiger partial charge in [-0.25, -0.2) is 14.4 Å². The molecule has 4 nitrogen and oxygen atoms in total. The number of nitrogens with two attached hydrogens (primary N) is 1. The fourth-order valence-corrected chi connectivity index (χ4v) is 1.53. The molecule has 1 heterocycles. The zero-order valence-corrected chi connectivity index (χ0v) is 9.94. The van der Waals surface area contributed by atoms with E-state index >= 15 is 0 Å². The Morgan fingerprint density at radius 2 is 1.94 bits per heavy atom. The maximum Gasteiger partial charge on any atom is 0.223 e. The van der Waals surface area contributed by atoms with Crippen LogP contribution in [-0.4, -0.2) is 23.1 Å². The van der Waals surface area contributed by atoms with E-state index in [1.807, 2.05) is 0 Å². The van der Waals surface area contributed by atoms with Gasteiger partial charge in [0, 0.05) is 18.3 Å². The third-order valence-electron chi connectivity index (χ3n) is 2.46. The Hall–Kier alpha value is -2.01. The first-order valence-corrected chi connectivity index (χ1v) is 5.82. The van der Waals surface area contributed by atoms with E-state index in [0.717, 1.165) is 24.2 Å². The molecule has 0 bridgehead atoms. The Balaban J connectivity index is 2.13. The van der Waals surface area contributed by atoms with E-state index in [0.29, 0.717) is 12.5 Å². The number of aromatic nitrogens is 2. The predicted octanol–water partition coefficient (Wildman–Crippen LogP) is 2.04. The number of halogens is 1. The smallest absolute Gasteiger partial charge is 0.223 e. The van der Waals surface area contributed by atoms with Crippen molar-refractivity contribution in [3.05, 3.63) is 42.3 Å². The number of benzene rings is 1. The van der Waals surface area contributed by atoms with E-state index in [1.165, 1.54) is 12.1 Å². The largest absolute Gasteiger partial charge is 0.354 e. The molecule has 18 heavy (non-hydrogen) atoms. The van der Waals surface area contributed by atoms with Crippen LogP contribution >= 0.6 is 0 Å². The SMILES string of the molecule is NCCCNc1nccc(-c2ccc(F)cc2)n1. The molecule has 0 radical (unpaired) electrons. The number of anilines is 1. The van der Waals surface area contributed by atoms with Crippen LogP contribution in [0.25, 0.3) is 11.3 Å². The molecule has 1 aromatic carbocycles. The molecule has 0 spiro atoms. The highest BCUT2D eigenvalue weighted by molar-refractivity contribution is 5.59. The van der Waals surface area contributed by atoms with Crippen molar-refractivity contribution in [2.75, 3.05) is 18.4 Å². The van der Waals surface area contributed by atoms with Gasteiger partial charge >= 0.3 is 0 Å². The Bertz CT molecular complexity index is 499. The molecule has 94 valence electrons. The van der Waals surface area contributed by atoms with Crippen LogP contribution in [0.3, 0.4) is 0 Å². The third-order valence-corrected chi connectivity index (χ3v) is 2.46. The monoisotopic (exact) mass is 246 g/mol. The summed E-state index contributed by atoms with van der Waals surface area (Å²) in [5.74, 6) is 0.305. The molecule has 0 unspecified atom stereocenters. The molecule has 0 atom stereocenters. The normalized spacial score (nSPS) is 10.3. The van der Waals surface area contributed by atoms with E-state index < -0.39 is 0 Å². The molecule has 0 aliphatic heterocycles. The van der Waals surface area contributed by atoms with Gasteiger partial charge in [-0.05, 0) is 43.3 Å². The van der Waals surface area contributed by atoms with Crippen LogP contribution in [0.15, 0.2) is 36.5 Å². The van der Waals surface area contributed by atoms with Gasteiger partial charge in [0.15, 0.2) is 0 Å². The highest BCUT2D eigenvalue weighted by Crippen LogP contribution is 2.17. The molecule has 3 N–H and O–H groups in total. The van der Waals surface area contributed by atoms with Crippen molar-refractivity contribution in [2.24, 2.45) is 5.73 Å². The molecule has 2 aromatic rings. The van der Waals surface area contributed by atoms with Gasteiger partial charge < -0.3 is 11.1 Å². The van der Waals surface area contributed by atoms with Crippen molar-refractivity contribution in [1.29, 1.82) is 0 Å². The van der Waals surface area contributed by atoms with Crippen molar-refractivity contribution in [3.63, 3.8) is 0 Å². The second-order valence-electron chi connectivity index (χ2n) is 3.84. The van der Waals surface area contributed by atoms with Crippen molar-refractivity contribution in [1.82, 2.24) is 9.97 Å². The first kappa shape index (κ1) is 12.4. The number of rotatable bonds is 5. The van der Waals surface area contributed by atoms with Crippen LogP contribution in [0.2, 0.25) is 0 Å². The number of hydrogen-bond donors (Lipinski definition) is 2. The third kappa shape index (κ3) is 3.24. The Morgan fingerprint density at radius 1 is 1.17 bits per heavy atom. The van der Waals surface area contributed by atoms with Crippen molar-refractivity contribution in [2.45, 2.75) is 6.42 Å². The topological polar surface area (TPSA) is 63.8 Å². The average Bonchev–Trinajstić information content (AvgIpc) is 2.40. The minimum absolute atomic E-state index is 0.255. The first-order valence-electron chi connectivity index (χ1n) is 5.82. The van der Waals surface area contributed by atoms with E-state index in [1.54, 1.807) is 24.4 Å². The minimum atomic E-state index is -0.255. The van der Waals surface area contributed by atoms with Crippen LogP contribution in [0.1, 0.15) is 6.42 Å². The maximum atomic E-state index is 12.8. The summed E-state index contributed by atoms with van der Waals surface area (Å²) in [6.07, 6.45) is 2.54. The molecule has 0 saturated heterocycles. The van der Waals surface area contributed by atoms with Gasteiger partial charge in [0.2, 0.25) is 5.95 Å². The summed E-state index contributed by atoms with van der Waals surface area (Å²) in [6.45, 7) is 1.37. The second-order valence-corrected chi connectivity index (χ2v) is 3.84. The lowest BCUT2D eigenvalue weighted by Crippen LogP contribution is -2.10. The predicted molar refractivity (Wildman–Crippen MR) is 69.6 cm³/mol. The summed E-state index contributed by atoms with van der Waals surface area (Å²) in [7, 11) is 0. The summed E-state index contributed by atoms with van der Waals surface area (Å²) in [5, 5.41) is 3.09. The van der Waals surface area contributed by atoms with Gasteiger partial charge in [0.1, 0.15) is 5.82 Å². The molecule has 2 rings (SSSR count). The highest BCUT2D eigenvalue weighted by Gasteiger charge is 2.02. The number of nitrogens with one attached hydrogen (secondary N) is 1.